The first-order valence-corrected chi connectivity index (χ1v) is 11.0. The molecule has 0 aliphatic carbocycles. The van der Waals surface area contributed by atoms with Crippen molar-refractivity contribution >= 4 is 33.2 Å². The number of nitrogens with zero attached hydrogens (tertiary/aromatic N) is 1. The summed E-state index contributed by atoms with van der Waals surface area (Å²) in [4.78, 5) is 16.1. The van der Waals surface area contributed by atoms with Gasteiger partial charge in [0.15, 0.2) is 9.84 Å². The number of nitrogens with one attached hydrogen (secondary N) is 2. The number of carbonyl (C=O) groups is 1. The lowest BCUT2D eigenvalue weighted by Gasteiger charge is -2.10. The third kappa shape index (κ3) is 5.71. The van der Waals surface area contributed by atoms with Crippen molar-refractivity contribution in [3.63, 3.8) is 0 Å². The molecule has 1 heterocycles. The van der Waals surface area contributed by atoms with E-state index in [0.717, 1.165) is 5.56 Å². The molecule has 156 valence electrons. The zero-order chi connectivity index (χ0) is 21.6. The molecule has 2 N–H and O–H groups in total. The summed E-state index contributed by atoms with van der Waals surface area (Å²) >= 11 is 6.07. The van der Waals surface area contributed by atoms with Gasteiger partial charge in [-0.25, -0.2) is 13.2 Å². The number of sulfone groups is 1. The minimum absolute atomic E-state index is 0.149. The fraction of sp³-hybridized carbons (Fsp3) is 0.143. The van der Waals surface area contributed by atoms with Gasteiger partial charge in [0.1, 0.15) is 5.75 Å². The fourth-order valence-electron chi connectivity index (χ4n) is 2.71. The van der Waals surface area contributed by atoms with Crippen LogP contribution in [0.1, 0.15) is 11.1 Å². The van der Waals surface area contributed by atoms with Crippen molar-refractivity contribution in [1.82, 2.24) is 10.3 Å². The number of methoxy groups -OCH3 is 1. The zero-order valence-corrected chi connectivity index (χ0v) is 17.7. The van der Waals surface area contributed by atoms with Crippen LogP contribution in [-0.2, 0) is 22.1 Å². The van der Waals surface area contributed by atoms with Gasteiger partial charge in [-0.2, -0.15) is 0 Å². The molecular formula is C21H20ClN3O4S. The Labute approximate surface area is 180 Å². The van der Waals surface area contributed by atoms with Crippen LogP contribution in [0.5, 0.6) is 5.75 Å². The number of benzene rings is 2. The van der Waals surface area contributed by atoms with Crippen molar-refractivity contribution in [1.29, 1.82) is 0 Å². The minimum atomic E-state index is -3.58. The highest BCUT2D eigenvalue weighted by atomic mass is 35.5. The Hall–Kier alpha value is -3.10. The second kappa shape index (κ2) is 9.60. The van der Waals surface area contributed by atoms with Crippen LogP contribution < -0.4 is 15.4 Å². The van der Waals surface area contributed by atoms with Crippen LogP contribution in [-0.4, -0.2) is 26.5 Å². The molecular weight excluding hydrogens is 426 g/mol. The second-order valence-electron chi connectivity index (χ2n) is 6.42. The lowest BCUT2D eigenvalue weighted by Crippen LogP contribution is -2.28. The minimum Gasteiger partial charge on any atom is -0.495 e. The van der Waals surface area contributed by atoms with Gasteiger partial charge in [-0.1, -0.05) is 23.7 Å². The van der Waals surface area contributed by atoms with Crippen molar-refractivity contribution in [2.75, 3.05) is 12.4 Å². The van der Waals surface area contributed by atoms with Crippen molar-refractivity contribution in [2.45, 2.75) is 17.2 Å². The fourth-order valence-corrected chi connectivity index (χ4v) is 4.32. The molecule has 0 aliphatic heterocycles. The molecule has 2 amide bonds. The molecule has 0 radical (unpaired) electrons. The maximum absolute atomic E-state index is 12.7. The summed E-state index contributed by atoms with van der Waals surface area (Å²) < 4.78 is 30.4. The van der Waals surface area contributed by atoms with E-state index in [9.17, 15) is 13.2 Å². The Morgan fingerprint density at radius 1 is 1.10 bits per heavy atom. The lowest BCUT2D eigenvalue weighted by molar-refractivity contribution is 0.251. The first kappa shape index (κ1) is 21.6. The van der Waals surface area contributed by atoms with E-state index >= 15 is 0 Å². The van der Waals surface area contributed by atoms with Crippen LogP contribution in [0.25, 0.3) is 0 Å². The predicted molar refractivity (Wildman–Crippen MR) is 115 cm³/mol. The number of amides is 2. The number of hydrogen-bond acceptors (Lipinski definition) is 5. The molecule has 2 aromatic carbocycles. The number of anilines is 1. The average molecular weight is 446 g/mol. The monoisotopic (exact) mass is 445 g/mol. The van der Waals surface area contributed by atoms with Gasteiger partial charge < -0.3 is 15.4 Å². The van der Waals surface area contributed by atoms with E-state index in [2.05, 4.69) is 15.6 Å². The number of ether oxygens (including phenoxy) is 1. The molecule has 0 saturated heterocycles. The Morgan fingerprint density at radius 2 is 1.87 bits per heavy atom. The molecule has 0 saturated carbocycles. The van der Waals surface area contributed by atoms with E-state index in [4.69, 9.17) is 16.3 Å². The first-order chi connectivity index (χ1) is 14.4. The summed E-state index contributed by atoms with van der Waals surface area (Å²) in [6.45, 7) is 0.330. The summed E-state index contributed by atoms with van der Waals surface area (Å²) in [5, 5.41) is 5.72. The summed E-state index contributed by atoms with van der Waals surface area (Å²) in [5.74, 6) is 0.282. The van der Waals surface area contributed by atoms with Crippen LogP contribution in [0.15, 0.2) is 71.9 Å². The number of carbonyl (C=O) groups excluding carboxylic acids is 1. The molecule has 3 aromatic rings. The number of hydrogen-bond donors (Lipinski definition) is 2. The quantitative estimate of drug-likeness (QED) is 0.572. The first-order valence-electron chi connectivity index (χ1n) is 8.96. The topological polar surface area (TPSA) is 97.4 Å². The number of rotatable bonds is 7. The second-order valence-corrected chi connectivity index (χ2v) is 8.82. The van der Waals surface area contributed by atoms with Gasteiger partial charge in [-0.3, -0.25) is 4.98 Å². The van der Waals surface area contributed by atoms with Gasteiger partial charge in [0.2, 0.25) is 0 Å². The summed E-state index contributed by atoms with van der Waals surface area (Å²) in [7, 11) is -2.08. The van der Waals surface area contributed by atoms with Crippen LogP contribution in [0.2, 0.25) is 5.02 Å². The standard InChI is InChI=1S/C21H20ClN3O4S/c1-29-20-9-4-15(11-19(20)22)14-30(27,28)18-7-5-17(6-8-18)25-21(26)24-13-16-3-2-10-23-12-16/h2-12H,13-14H2,1H3,(H2,24,25,26). The van der Waals surface area contributed by atoms with E-state index < -0.39 is 15.9 Å². The molecule has 0 fully saturated rings. The Bertz CT molecular complexity index is 1120. The molecule has 30 heavy (non-hydrogen) atoms. The number of urea groups is 1. The number of halogens is 1. The van der Waals surface area contributed by atoms with Crippen molar-refractivity contribution in [3.8, 4) is 5.75 Å². The average Bonchev–Trinajstić information content (AvgIpc) is 2.73. The molecule has 0 atom stereocenters. The highest BCUT2D eigenvalue weighted by molar-refractivity contribution is 7.90. The normalized spacial score (nSPS) is 11.0. The van der Waals surface area contributed by atoms with Gasteiger partial charge in [0.05, 0.1) is 22.8 Å². The van der Waals surface area contributed by atoms with Crippen molar-refractivity contribution in [3.05, 3.63) is 83.1 Å². The van der Waals surface area contributed by atoms with Crippen LogP contribution in [0, 0.1) is 0 Å². The summed E-state index contributed by atoms with van der Waals surface area (Å²) in [5.41, 5.74) is 1.90. The third-order valence-electron chi connectivity index (χ3n) is 4.22. The molecule has 0 spiro atoms. The van der Waals surface area contributed by atoms with E-state index in [-0.39, 0.29) is 10.6 Å². The van der Waals surface area contributed by atoms with E-state index in [1.165, 1.54) is 31.4 Å². The molecule has 9 heteroatoms. The molecule has 0 bridgehead atoms. The van der Waals surface area contributed by atoms with Crippen LogP contribution >= 0.6 is 11.6 Å². The largest absolute Gasteiger partial charge is 0.495 e. The predicted octanol–water partition coefficient (Wildman–Crippen LogP) is 4.04. The molecule has 0 aliphatic rings. The molecule has 0 unspecified atom stereocenters. The van der Waals surface area contributed by atoms with Gasteiger partial charge >= 0.3 is 6.03 Å². The van der Waals surface area contributed by atoms with E-state index in [0.29, 0.717) is 28.6 Å². The Kier molecular flexibility index (Phi) is 6.91. The van der Waals surface area contributed by atoms with Crippen LogP contribution in [0.4, 0.5) is 10.5 Å². The lowest BCUT2D eigenvalue weighted by atomic mass is 10.2. The molecule has 1 aromatic heterocycles. The number of aromatic nitrogens is 1. The van der Waals surface area contributed by atoms with E-state index in [1.54, 1.807) is 36.7 Å². The Morgan fingerprint density at radius 3 is 2.50 bits per heavy atom. The Balaban J connectivity index is 1.61. The smallest absolute Gasteiger partial charge is 0.319 e. The SMILES string of the molecule is COc1ccc(CS(=O)(=O)c2ccc(NC(=O)NCc3cccnc3)cc2)cc1Cl. The summed E-state index contributed by atoms with van der Waals surface area (Å²) in [6, 6.07) is 14.1. The van der Waals surface area contributed by atoms with Gasteiger partial charge in [0, 0.05) is 24.6 Å². The number of pyridine rings is 1. The van der Waals surface area contributed by atoms with Crippen LogP contribution in [0.3, 0.4) is 0 Å². The summed E-state index contributed by atoms with van der Waals surface area (Å²) in [6.07, 6.45) is 3.32. The molecule has 3 rings (SSSR count). The van der Waals surface area contributed by atoms with Crippen molar-refractivity contribution < 1.29 is 17.9 Å². The maximum Gasteiger partial charge on any atom is 0.319 e. The maximum atomic E-state index is 12.7. The van der Waals surface area contributed by atoms with Gasteiger partial charge in [-0.05, 0) is 53.6 Å². The molecule has 7 nitrogen and oxygen atoms in total. The highest BCUT2D eigenvalue weighted by Gasteiger charge is 2.16. The van der Waals surface area contributed by atoms with E-state index in [1.807, 2.05) is 6.07 Å². The van der Waals surface area contributed by atoms with Gasteiger partial charge in [-0.15, -0.1) is 0 Å². The highest BCUT2D eigenvalue weighted by Crippen LogP contribution is 2.27. The third-order valence-corrected chi connectivity index (χ3v) is 6.22. The van der Waals surface area contributed by atoms with Gasteiger partial charge in [0.25, 0.3) is 0 Å². The zero-order valence-electron chi connectivity index (χ0n) is 16.1. The van der Waals surface area contributed by atoms with Crippen molar-refractivity contribution in [2.24, 2.45) is 0 Å².